The molecule has 2 nitrogen and oxygen atoms in total. The third kappa shape index (κ3) is 3.25. The first-order valence-corrected chi connectivity index (χ1v) is 7.76. The number of benzene rings is 2. The van der Waals surface area contributed by atoms with Crippen molar-refractivity contribution in [2.45, 2.75) is 6.04 Å². The summed E-state index contributed by atoms with van der Waals surface area (Å²) in [4.78, 5) is 0. The fourth-order valence-corrected chi connectivity index (χ4v) is 2.63. The highest BCUT2D eigenvalue weighted by Gasteiger charge is 2.15. The van der Waals surface area contributed by atoms with Gasteiger partial charge in [-0.15, -0.1) is 0 Å². The number of hydrogen-bond acceptors (Lipinski definition) is 2. The van der Waals surface area contributed by atoms with E-state index in [0.717, 1.165) is 16.4 Å². The molecule has 0 aliphatic carbocycles. The van der Waals surface area contributed by atoms with Crippen molar-refractivity contribution in [1.29, 1.82) is 0 Å². The van der Waals surface area contributed by atoms with Crippen molar-refractivity contribution in [3.63, 3.8) is 0 Å². The van der Waals surface area contributed by atoms with Crippen LogP contribution in [0, 0.1) is 5.82 Å². The van der Waals surface area contributed by atoms with Gasteiger partial charge in [-0.1, -0.05) is 28.8 Å². The van der Waals surface area contributed by atoms with Crippen molar-refractivity contribution in [1.82, 2.24) is 5.32 Å². The van der Waals surface area contributed by atoms with Gasteiger partial charge in [-0.3, -0.25) is 0 Å². The molecule has 0 saturated carbocycles. The molecule has 0 fully saturated rings. The van der Waals surface area contributed by atoms with Crippen LogP contribution in [0.1, 0.15) is 17.2 Å². The van der Waals surface area contributed by atoms with Crippen molar-refractivity contribution in [2.75, 3.05) is 13.7 Å². The van der Waals surface area contributed by atoms with E-state index in [1.807, 2.05) is 31.3 Å². The molecule has 0 saturated heterocycles. The molecule has 0 aliphatic rings. The van der Waals surface area contributed by atoms with Gasteiger partial charge in [0.2, 0.25) is 0 Å². The van der Waals surface area contributed by atoms with E-state index in [1.165, 1.54) is 12.1 Å². The summed E-state index contributed by atoms with van der Waals surface area (Å²) in [6.45, 7) is 1.69. The van der Waals surface area contributed by atoms with Gasteiger partial charge in [0.1, 0.15) is 12.5 Å². The zero-order valence-electron chi connectivity index (χ0n) is 10.9. The van der Waals surface area contributed by atoms with E-state index < -0.39 is 7.80 Å². The third-order valence-corrected chi connectivity index (χ3v) is 4.11. The Morgan fingerprint density at radius 3 is 1.89 bits per heavy atom. The second-order valence-electron chi connectivity index (χ2n) is 4.36. The summed E-state index contributed by atoms with van der Waals surface area (Å²) >= 11 is 0. The molecule has 0 aliphatic heterocycles. The van der Waals surface area contributed by atoms with E-state index in [1.54, 1.807) is 18.8 Å². The van der Waals surface area contributed by atoms with Gasteiger partial charge in [0.05, 0.1) is 6.04 Å². The van der Waals surface area contributed by atoms with E-state index >= 15 is 0 Å². The van der Waals surface area contributed by atoms with Crippen LogP contribution in [0.5, 0.6) is 0 Å². The van der Waals surface area contributed by atoms with Gasteiger partial charge in [0.15, 0.2) is 5.30 Å². The van der Waals surface area contributed by atoms with Gasteiger partial charge in [-0.05, 0) is 42.4 Å². The Labute approximate surface area is 113 Å². The van der Waals surface area contributed by atoms with Gasteiger partial charge < -0.3 is 5.32 Å². The molecular formula is C15H16FNOP+. The maximum absolute atomic E-state index is 12.9. The maximum Gasteiger partial charge on any atom is 0.373 e. The Morgan fingerprint density at radius 2 is 1.47 bits per heavy atom. The highest BCUT2D eigenvalue weighted by atomic mass is 31.1. The standard InChI is InChI=1S/C15H16FNOP/c1-17-15(11-3-7-13(16)8-4-11)12-5-9-14(10-6-12)19(2)18/h3-10,15,17H,1-2H3/q+1/t15-/m1/s1. The third-order valence-electron chi connectivity index (χ3n) is 3.08. The van der Waals surface area contributed by atoms with Crippen LogP contribution < -0.4 is 10.6 Å². The Morgan fingerprint density at radius 1 is 1.00 bits per heavy atom. The van der Waals surface area contributed by atoms with Crippen LogP contribution in [0.3, 0.4) is 0 Å². The van der Waals surface area contributed by atoms with Gasteiger partial charge in [0, 0.05) is 0 Å². The highest BCUT2D eigenvalue weighted by molar-refractivity contribution is 7.52. The van der Waals surface area contributed by atoms with Gasteiger partial charge >= 0.3 is 7.80 Å². The molecule has 98 valence electrons. The van der Waals surface area contributed by atoms with E-state index in [2.05, 4.69) is 5.32 Å². The first kappa shape index (κ1) is 13.9. The molecule has 0 aromatic heterocycles. The summed E-state index contributed by atoms with van der Waals surface area (Å²) in [7, 11) is 0.553. The van der Waals surface area contributed by atoms with Gasteiger partial charge in [-0.2, -0.15) is 0 Å². The van der Waals surface area contributed by atoms with Gasteiger partial charge in [0.25, 0.3) is 0 Å². The molecule has 0 bridgehead atoms. The minimum atomic E-state index is -1.31. The van der Waals surface area contributed by atoms with Crippen LogP contribution in [-0.2, 0) is 4.57 Å². The van der Waals surface area contributed by atoms with Crippen molar-refractivity contribution in [3.05, 3.63) is 65.5 Å². The molecule has 0 heterocycles. The molecule has 2 atom stereocenters. The summed E-state index contributed by atoms with van der Waals surface area (Å²) in [6.07, 6.45) is 0. The first-order valence-electron chi connectivity index (χ1n) is 6.05. The minimum Gasteiger partial charge on any atom is -0.309 e. The molecule has 0 radical (unpaired) electrons. The highest BCUT2D eigenvalue weighted by Crippen LogP contribution is 2.23. The number of rotatable bonds is 4. The average Bonchev–Trinajstić information content (AvgIpc) is 2.42. The Hall–Kier alpha value is -1.57. The molecule has 2 aromatic carbocycles. The fraction of sp³-hybridized carbons (Fsp3) is 0.200. The smallest absolute Gasteiger partial charge is 0.309 e. The van der Waals surface area contributed by atoms with Crippen LogP contribution in [0.2, 0.25) is 0 Å². The first-order chi connectivity index (χ1) is 9.11. The van der Waals surface area contributed by atoms with E-state index in [-0.39, 0.29) is 11.9 Å². The van der Waals surface area contributed by atoms with Crippen LogP contribution in [-0.4, -0.2) is 13.7 Å². The average molecular weight is 276 g/mol. The zero-order valence-corrected chi connectivity index (χ0v) is 11.8. The number of halogens is 1. The van der Waals surface area contributed by atoms with Crippen LogP contribution >= 0.6 is 7.80 Å². The van der Waals surface area contributed by atoms with E-state index in [0.29, 0.717) is 0 Å². The lowest BCUT2D eigenvalue weighted by molar-refractivity contribution is 0.596. The Kier molecular flexibility index (Phi) is 4.41. The van der Waals surface area contributed by atoms with Crippen LogP contribution in [0.15, 0.2) is 48.5 Å². The molecule has 0 amide bonds. The summed E-state index contributed by atoms with van der Waals surface area (Å²) in [6, 6.07) is 14.1. The topological polar surface area (TPSA) is 29.1 Å². The molecule has 1 unspecified atom stereocenters. The molecule has 4 heteroatoms. The van der Waals surface area contributed by atoms with E-state index in [4.69, 9.17) is 0 Å². The quantitative estimate of drug-likeness (QED) is 0.869. The molecule has 0 spiro atoms. The molecule has 2 aromatic rings. The normalized spacial score (nSPS) is 13.1. The summed E-state index contributed by atoms with van der Waals surface area (Å²) < 4.78 is 24.3. The largest absolute Gasteiger partial charge is 0.373 e. The lowest BCUT2D eigenvalue weighted by Crippen LogP contribution is -2.18. The summed E-state index contributed by atoms with van der Waals surface area (Å²) in [5, 5.41) is 4.05. The molecule has 19 heavy (non-hydrogen) atoms. The lowest BCUT2D eigenvalue weighted by atomic mass is 9.99. The lowest BCUT2D eigenvalue weighted by Gasteiger charge is -2.17. The second kappa shape index (κ2) is 6.05. The van der Waals surface area contributed by atoms with Gasteiger partial charge in [-0.25, -0.2) is 4.39 Å². The van der Waals surface area contributed by atoms with Crippen molar-refractivity contribution < 1.29 is 8.96 Å². The molecular weight excluding hydrogens is 260 g/mol. The SMILES string of the molecule is CN[C@H](c1ccc(F)cc1)c1ccc([P+](C)=O)cc1. The van der Waals surface area contributed by atoms with Crippen LogP contribution in [0.25, 0.3) is 0 Å². The minimum absolute atomic E-state index is 0.00406. The summed E-state index contributed by atoms with van der Waals surface area (Å²) in [5.41, 5.74) is 2.06. The fourth-order valence-electron chi connectivity index (χ4n) is 2.06. The van der Waals surface area contributed by atoms with Crippen LogP contribution in [0.4, 0.5) is 4.39 Å². The van der Waals surface area contributed by atoms with Crippen molar-refractivity contribution in [3.8, 4) is 0 Å². The monoisotopic (exact) mass is 276 g/mol. The second-order valence-corrected chi connectivity index (χ2v) is 5.87. The predicted molar refractivity (Wildman–Crippen MR) is 76.9 cm³/mol. The Balaban J connectivity index is 2.31. The van der Waals surface area contributed by atoms with E-state index in [9.17, 15) is 8.96 Å². The summed E-state index contributed by atoms with van der Waals surface area (Å²) in [5.74, 6) is -0.239. The zero-order chi connectivity index (χ0) is 13.8. The molecule has 2 rings (SSSR count). The molecule has 1 N–H and O–H groups in total. The Bertz CT molecular complexity index is 566. The predicted octanol–water partition coefficient (Wildman–Crippen LogP) is 3.22. The maximum atomic E-state index is 12.9. The van der Waals surface area contributed by atoms with Crippen molar-refractivity contribution in [2.24, 2.45) is 0 Å². The number of hydrogen-bond donors (Lipinski definition) is 1. The van der Waals surface area contributed by atoms with Crippen molar-refractivity contribution >= 4 is 13.1 Å². The number of nitrogens with one attached hydrogen (secondary N) is 1.